The SMILES string of the molecule is CCCCOc1ccc([C@@H]2Oc3ccccc3[C@@H]3C=C(c4ccc(C)cc4)NN32)cc1. The Bertz CT molecular complexity index is 1070. The largest absolute Gasteiger partial charge is 0.494 e. The summed E-state index contributed by atoms with van der Waals surface area (Å²) in [6.45, 7) is 5.03. The Labute approximate surface area is 184 Å². The van der Waals surface area contributed by atoms with Gasteiger partial charge in [0.2, 0.25) is 0 Å². The van der Waals surface area contributed by atoms with Crippen molar-refractivity contribution in [1.29, 1.82) is 0 Å². The molecular weight excluding hydrogens is 384 g/mol. The van der Waals surface area contributed by atoms with Crippen molar-refractivity contribution in [2.75, 3.05) is 6.61 Å². The summed E-state index contributed by atoms with van der Waals surface area (Å²) in [7, 11) is 0. The normalized spacial score (nSPS) is 19.6. The van der Waals surface area contributed by atoms with Gasteiger partial charge in [-0.25, -0.2) is 0 Å². The van der Waals surface area contributed by atoms with Crippen LogP contribution in [0.5, 0.6) is 11.5 Å². The molecule has 2 heterocycles. The van der Waals surface area contributed by atoms with E-state index in [0.29, 0.717) is 0 Å². The predicted molar refractivity (Wildman–Crippen MR) is 124 cm³/mol. The van der Waals surface area contributed by atoms with Crippen molar-refractivity contribution in [3.63, 3.8) is 0 Å². The third-order valence-electron chi connectivity index (χ3n) is 5.90. The van der Waals surface area contributed by atoms with Gasteiger partial charge >= 0.3 is 0 Å². The van der Waals surface area contributed by atoms with Gasteiger partial charge in [-0.1, -0.05) is 73.5 Å². The molecule has 0 aromatic heterocycles. The second kappa shape index (κ2) is 8.48. The minimum absolute atomic E-state index is 0.103. The van der Waals surface area contributed by atoms with Crippen LogP contribution in [0, 0.1) is 6.92 Å². The molecule has 31 heavy (non-hydrogen) atoms. The highest BCUT2D eigenvalue weighted by atomic mass is 16.5. The number of rotatable bonds is 6. The Hall–Kier alpha value is -3.24. The van der Waals surface area contributed by atoms with Crippen LogP contribution in [0.2, 0.25) is 0 Å². The van der Waals surface area contributed by atoms with Crippen molar-refractivity contribution in [2.24, 2.45) is 0 Å². The van der Waals surface area contributed by atoms with Gasteiger partial charge in [0.25, 0.3) is 0 Å². The smallest absolute Gasteiger partial charge is 0.195 e. The van der Waals surface area contributed by atoms with Crippen molar-refractivity contribution in [3.05, 3.63) is 101 Å². The maximum Gasteiger partial charge on any atom is 0.195 e. The fourth-order valence-electron chi connectivity index (χ4n) is 4.12. The van der Waals surface area contributed by atoms with E-state index in [0.717, 1.165) is 42.2 Å². The van der Waals surface area contributed by atoms with Crippen molar-refractivity contribution in [1.82, 2.24) is 10.4 Å². The summed E-state index contributed by atoms with van der Waals surface area (Å²) in [6, 6.07) is 25.3. The summed E-state index contributed by atoms with van der Waals surface area (Å²) in [5, 5.41) is 2.20. The van der Waals surface area contributed by atoms with E-state index in [1.807, 2.05) is 18.2 Å². The van der Waals surface area contributed by atoms with E-state index >= 15 is 0 Å². The Balaban J connectivity index is 1.44. The Morgan fingerprint density at radius 3 is 2.52 bits per heavy atom. The Morgan fingerprint density at radius 1 is 0.968 bits per heavy atom. The average Bonchev–Trinajstić information content (AvgIpc) is 3.25. The molecule has 3 aromatic carbocycles. The van der Waals surface area contributed by atoms with Crippen LogP contribution in [0.15, 0.2) is 78.9 Å². The van der Waals surface area contributed by atoms with Crippen LogP contribution in [0.1, 0.15) is 54.3 Å². The highest BCUT2D eigenvalue weighted by Crippen LogP contribution is 2.45. The standard InChI is InChI=1S/C27H28N2O2/c1-3-4-17-30-22-15-13-21(14-16-22)27-29-25(23-7-5-6-8-26(23)31-27)18-24(28-29)20-11-9-19(2)10-12-20/h5-16,18,25,27-28H,3-4,17H2,1-2H3/t25-,27-/m0/s1. The van der Waals surface area contributed by atoms with Gasteiger partial charge in [-0.3, -0.25) is 0 Å². The second-order valence-electron chi connectivity index (χ2n) is 8.19. The molecule has 0 saturated heterocycles. The van der Waals surface area contributed by atoms with Crippen molar-refractivity contribution in [2.45, 2.75) is 39.0 Å². The number of aryl methyl sites for hydroxylation is 1. The summed E-state index contributed by atoms with van der Waals surface area (Å²) in [5.74, 6) is 1.83. The molecule has 4 heteroatoms. The molecule has 0 radical (unpaired) electrons. The maximum absolute atomic E-state index is 6.46. The average molecular weight is 413 g/mol. The van der Waals surface area contributed by atoms with Gasteiger partial charge in [-0.2, -0.15) is 5.01 Å². The molecule has 0 unspecified atom stereocenters. The summed E-state index contributed by atoms with van der Waals surface area (Å²) in [6.07, 6.45) is 4.26. The summed E-state index contributed by atoms with van der Waals surface area (Å²) in [5.41, 5.74) is 9.42. The molecule has 0 saturated carbocycles. The van der Waals surface area contributed by atoms with E-state index in [2.05, 4.69) is 85.0 Å². The number of para-hydroxylation sites is 1. The number of benzene rings is 3. The number of nitrogens with zero attached hydrogens (tertiary/aromatic N) is 1. The third-order valence-corrected chi connectivity index (χ3v) is 5.90. The number of ether oxygens (including phenoxy) is 2. The first-order valence-corrected chi connectivity index (χ1v) is 11.0. The van der Waals surface area contributed by atoms with Gasteiger partial charge in [-0.05, 0) is 43.2 Å². The molecule has 0 amide bonds. The van der Waals surface area contributed by atoms with Gasteiger partial charge in [0, 0.05) is 11.1 Å². The van der Waals surface area contributed by atoms with Gasteiger partial charge in [-0.15, -0.1) is 0 Å². The first kappa shape index (κ1) is 19.7. The molecule has 2 aliphatic heterocycles. The van der Waals surface area contributed by atoms with E-state index < -0.39 is 0 Å². The van der Waals surface area contributed by atoms with Crippen LogP contribution in [-0.2, 0) is 0 Å². The van der Waals surface area contributed by atoms with Crippen LogP contribution in [-0.4, -0.2) is 11.6 Å². The Morgan fingerprint density at radius 2 is 1.74 bits per heavy atom. The lowest BCUT2D eigenvalue weighted by Crippen LogP contribution is -2.43. The Kier molecular flexibility index (Phi) is 5.39. The third kappa shape index (κ3) is 3.91. The van der Waals surface area contributed by atoms with Gasteiger partial charge < -0.3 is 14.9 Å². The minimum atomic E-state index is -0.233. The van der Waals surface area contributed by atoms with Crippen LogP contribution < -0.4 is 14.9 Å². The molecule has 5 rings (SSSR count). The molecule has 0 fully saturated rings. The van der Waals surface area contributed by atoms with E-state index in [4.69, 9.17) is 9.47 Å². The second-order valence-corrected chi connectivity index (χ2v) is 8.19. The molecular formula is C27H28N2O2. The molecule has 1 N–H and O–H groups in total. The van der Waals surface area contributed by atoms with Crippen molar-refractivity contribution < 1.29 is 9.47 Å². The zero-order valence-electron chi connectivity index (χ0n) is 18.0. The number of unbranched alkanes of at least 4 members (excludes halogenated alkanes) is 1. The van der Waals surface area contributed by atoms with Gasteiger partial charge in [0.05, 0.1) is 18.3 Å². The number of hydrazine groups is 1. The van der Waals surface area contributed by atoms with Crippen LogP contribution in [0.3, 0.4) is 0 Å². The zero-order chi connectivity index (χ0) is 21.2. The highest BCUT2D eigenvalue weighted by molar-refractivity contribution is 5.67. The number of nitrogens with one attached hydrogen (secondary N) is 1. The molecule has 4 nitrogen and oxygen atoms in total. The van der Waals surface area contributed by atoms with E-state index in [-0.39, 0.29) is 12.3 Å². The summed E-state index contributed by atoms with van der Waals surface area (Å²) in [4.78, 5) is 0. The molecule has 3 aromatic rings. The summed E-state index contributed by atoms with van der Waals surface area (Å²) >= 11 is 0. The van der Waals surface area contributed by atoms with Crippen LogP contribution >= 0.6 is 0 Å². The minimum Gasteiger partial charge on any atom is -0.494 e. The van der Waals surface area contributed by atoms with E-state index in [1.54, 1.807) is 0 Å². The fraction of sp³-hybridized carbons (Fsp3) is 0.259. The number of hydrogen-bond acceptors (Lipinski definition) is 4. The monoisotopic (exact) mass is 412 g/mol. The van der Waals surface area contributed by atoms with Gasteiger partial charge in [0.15, 0.2) is 6.23 Å². The quantitative estimate of drug-likeness (QED) is 0.491. The topological polar surface area (TPSA) is 33.7 Å². The van der Waals surface area contributed by atoms with Crippen LogP contribution in [0.4, 0.5) is 0 Å². The van der Waals surface area contributed by atoms with Crippen molar-refractivity contribution in [3.8, 4) is 11.5 Å². The van der Waals surface area contributed by atoms with E-state index in [1.165, 1.54) is 16.7 Å². The van der Waals surface area contributed by atoms with E-state index in [9.17, 15) is 0 Å². The predicted octanol–water partition coefficient (Wildman–Crippen LogP) is 6.17. The first-order chi connectivity index (χ1) is 15.2. The highest BCUT2D eigenvalue weighted by Gasteiger charge is 2.39. The summed E-state index contributed by atoms with van der Waals surface area (Å²) < 4.78 is 12.3. The lowest BCUT2D eigenvalue weighted by atomic mass is 10.0. The van der Waals surface area contributed by atoms with Crippen molar-refractivity contribution >= 4 is 5.70 Å². The van der Waals surface area contributed by atoms with Gasteiger partial charge in [0.1, 0.15) is 11.5 Å². The maximum atomic E-state index is 6.46. The zero-order valence-corrected chi connectivity index (χ0v) is 18.0. The molecule has 2 atom stereocenters. The lowest BCUT2D eigenvalue weighted by molar-refractivity contribution is -0.0326. The molecule has 0 bridgehead atoms. The molecule has 2 aliphatic rings. The fourth-order valence-corrected chi connectivity index (χ4v) is 4.12. The molecule has 0 aliphatic carbocycles. The molecule has 0 spiro atoms. The molecule has 158 valence electrons. The number of fused-ring (bicyclic) bond motifs is 3. The van der Waals surface area contributed by atoms with Crippen LogP contribution in [0.25, 0.3) is 5.70 Å². The lowest BCUT2D eigenvalue weighted by Gasteiger charge is -2.39. The number of hydrogen-bond donors (Lipinski definition) is 1. The first-order valence-electron chi connectivity index (χ1n) is 11.0.